The summed E-state index contributed by atoms with van der Waals surface area (Å²) in [5.41, 5.74) is 7.78. The number of ether oxygens (including phenoxy) is 1. The smallest absolute Gasteiger partial charge is 0.302 e. The third-order valence-corrected chi connectivity index (χ3v) is 7.36. The Morgan fingerprint density at radius 1 is 0.783 bits per heavy atom. The number of rotatable bonds is 19. The highest BCUT2D eigenvalue weighted by molar-refractivity contribution is 6.12. The number of unbranched alkanes of at least 4 members (excludes halogenated alkanes) is 3. The molecule has 5 N–H and O–H groups in total. The van der Waals surface area contributed by atoms with Crippen LogP contribution >= 0.6 is 0 Å². The van der Waals surface area contributed by atoms with Crippen molar-refractivity contribution in [2.75, 3.05) is 18.4 Å². The van der Waals surface area contributed by atoms with Crippen LogP contribution in [0.1, 0.15) is 63.0 Å². The van der Waals surface area contributed by atoms with Crippen molar-refractivity contribution in [2.24, 2.45) is 5.73 Å². The summed E-state index contributed by atoms with van der Waals surface area (Å²) in [6, 6.07) is 14.3. The van der Waals surface area contributed by atoms with Gasteiger partial charge in [-0.1, -0.05) is 48.9 Å². The van der Waals surface area contributed by atoms with E-state index in [9.17, 15) is 28.8 Å². The summed E-state index contributed by atoms with van der Waals surface area (Å²) in [6.07, 6.45) is 6.20. The first-order valence-electron chi connectivity index (χ1n) is 15.6. The molecule has 2 aromatic carbocycles. The molecule has 5 amide bonds. The van der Waals surface area contributed by atoms with Crippen LogP contribution in [0.2, 0.25) is 0 Å². The quantitative estimate of drug-likeness (QED) is 0.104. The molecule has 2 aromatic rings. The SMILES string of the molecule is CC(=O)OCc1ccc(NC(=O)[C@H](CCCCN)NC(=O)[C@H](Cc2ccccc2)NC(=O)CCCCCN2C(=O)C=CC2=O)cc1. The lowest BCUT2D eigenvalue weighted by Gasteiger charge is -2.23. The van der Waals surface area contributed by atoms with Gasteiger partial charge in [-0.25, -0.2) is 0 Å². The molecule has 3 rings (SSSR count). The summed E-state index contributed by atoms with van der Waals surface area (Å²) in [4.78, 5) is 75.5. The number of nitrogens with one attached hydrogen (secondary N) is 3. The molecule has 0 saturated carbocycles. The maximum atomic E-state index is 13.6. The van der Waals surface area contributed by atoms with Gasteiger partial charge in [0.05, 0.1) is 0 Å². The highest BCUT2D eigenvalue weighted by Gasteiger charge is 2.27. The number of carbonyl (C=O) groups excluding carboxylic acids is 6. The fraction of sp³-hybridized carbons (Fsp3) is 0.412. The minimum atomic E-state index is -0.925. The number of hydrogen-bond donors (Lipinski definition) is 4. The Kier molecular flexibility index (Phi) is 14.6. The molecular weight excluding hydrogens is 590 g/mol. The van der Waals surface area contributed by atoms with Crippen LogP contribution < -0.4 is 21.7 Å². The molecule has 1 heterocycles. The van der Waals surface area contributed by atoms with Gasteiger partial charge in [0.15, 0.2) is 0 Å². The van der Waals surface area contributed by atoms with Gasteiger partial charge in [-0.05, 0) is 61.9 Å². The molecule has 1 aliphatic heterocycles. The van der Waals surface area contributed by atoms with Crippen LogP contribution in [0.3, 0.4) is 0 Å². The summed E-state index contributed by atoms with van der Waals surface area (Å²) < 4.78 is 5.00. The number of nitrogens with two attached hydrogens (primary N) is 1. The lowest BCUT2D eigenvalue weighted by atomic mass is 10.0. The van der Waals surface area contributed by atoms with E-state index in [1.165, 1.54) is 24.0 Å². The maximum absolute atomic E-state index is 13.6. The molecule has 0 radical (unpaired) electrons. The fourth-order valence-corrected chi connectivity index (χ4v) is 4.84. The zero-order valence-electron chi connectivity index (χ0n) is 26.2. The minimum Gasteiger partial charge on any atom is -0.461 e. The second-order valence-electron chi connectivity index (χ2n) is 11.1. The average Bonchev–Trinajstić information content (AvgIpc) is 3.36. The Morgan fingerprint density at radius 2 is 1.48 bits per heavy atom. The number of nitrogens with zero attached hydrogens (tertiary/aromatic N) is 1. The van der Waals surface area contributed by atoms with Gasteiger partial charge >= 0.3 is 5.97 Å². The topological polar surface area (TPSA) is 177 Å². The van der Waals surface area contributed by atoms with E-state index in [1.807, 2.05) is 30.3 Å². The van der Waals surface area contributed by atoms with Crippen LogP contribution in [0, 0.1) is 0 Å². The van der Waals surface area contributed by atoms with E-state index in [2.05, 4.69) is 16.0 Å². The zero-order valence-corrected chi connectivity index (χ0v) is 26.2. The molecule has 0 spiro atoms. The Labute approximate surface area is 269 Å². The Morgan fingerprint density at radius 3 is 2.13 bits per heavy atom. The molecule has 0 aliphatic carbocycles. The van der Waals surface area contributed by atoms with Gasteiger partial charge in [-0.15, -0.1) is 0 Å². The standard InChI is InChI=1S/C34H43N5O7/c1-24(40)46-23-26-14-16-27(17-15-26)36-33(44)28(12-7-8-20-35)38-34(45)29(22-25-10-4-2-5-11-25)37-30(41)13-6-3-9-21-39-31(42)18-19-32(39)43/h2,4-5,10-11,14-19,28-29H,3,6-9,12-13,20-23,35H2,1H3,(H,36,44)(H,37,41)(H,38,45)/t28-,29-/m0/s1. The van der Waals surface area contributed by atoms with E-state index < -0.39 is 29.9 Å². The molecule has 46 heavy (non-hydrogen) atoms. The Bertz CT molecular complexity index is 1360. The van der Waals surface area contributed by atoms with Gasteiger partial charge in [0.1, 0.15) is 18.7 Å². The van der Waals surface area contributed by atoms with Gasteiger partial charge in [-0.3, -0.25) is 33.7 Å². The van der Waals surface area contributed by atoms with E-state index >= 15 is 0 Å². The molecule has 0 fully saturated rings. The predicted molar refractivity (Wildman–Crippen MR) is 172 cm³/mol. The fourth-order valence-electron chi connectivity index (χ4n) is 4.84. The molecule has 12 nitrogen and oxygen atoms in total. The van der Waals surface area contributed by atoms with Crippen molar-refractivity contribution < 1.29 is 33.5 Å². The number of esters is 1. The largest absolute Gasteiger partial charge is 0.461 e. The summed E-state index contributed by atoms with van der Waals surface area (Å²) >= 11 is 0. The summed E-state index contributed by atoms with van der Waals surface area (Å²) in [5.74, 6) is -2.26. The van der Waals surface area contributed by atoms with Gasteiger partial charge in [0, 0.05) is 44.1 Å². The molecule has 0 aromatic heterocycles. The molecule has 12 heteroatoms. The van der Waals surface area contributed by atoms with Crippen LogP contribution in [0.4, 0.5) is 5.69 Å². The van der Waals surface area contributed by atoms with Crippen molar-refractivity contribution in [3.05, 3.63) is 77.9 Å². The van der Waals surface area contributed by atoms with E-state index in [1.54, 1.807) is 24.3 Å². The first-order valence-corrected chi connectivity index (χ1v) is 15.6. The average molecular weight is 634 g/mol. The zero-order chi connectivity index (χ0) is 33.3. The first-order chi connectivity index (χ1) is 22.2. The highest BCUT2D eigenvalue weighted by atomic mass is 16.5. The number of amides is 5. The molecule has 0 saturated heterocycles. The third-order valence-electron chi connectivity index (χ3n) is 7.36. The van der Waals surface area contributed by atoms with E-state index in [0.717, 1.165) is 11.1 Å². The normalized spacial score (nSPS) is 13.7. The molecule has 0 unspecified atom stereocenters. The molecule has 1 aliphatic rings. The van der Waals surface area contributed by atoms with Crippen molar-refractivity contribution >= 4 is 41.2 Å². The highest BCUT2D eigenvalue weighted by Crippen LogP contribution is 2.14. The van der Waals surface area contributed by atoms with Gasteiger partial charge in [-0.2, -0.15) is 0 Å². The van der Waals surface area contributed by atoms with E-state index in [0.29, 0.717) is 50.8 Å². The Balaban J connectivity index is 1.60. The number of imide groups is 1. The summed E-state index contributed by atoms with van der Waals surface area (Å²) in [6.45, 7) is 2.18. The molecule has 246 valence electrons. The monoisotopic (exact) mass is 633 g/mol. The molecule has 0 bridgehead atoms. The van der Waals surface area contributed by atoms with Crippen molar-refractivity contribution in [3.63, 3.8) is 0 Å². The van der Waals surface area contributed by atoms with E-state index in [-0.39, 0.29) is 43.7 Å². The van der Waals surface area contributed by atoms with E-state index in [4.69, 9.17) is 10.5 Å². The van der Waals surface area contributed by atoms with Crippen LogP contribution in [-0.4, -0.2) is 65.6 Å². The second-order valence-corrected chi connectivity index (χ2v) is 11.1. The van der Waals surface area contributed by atoms with Crippen molar-refractivity contribution in [1.82, 2.24) is 15.5 Å². The summed E-state index contributed by atoms with van der Waals surface area (Å²) in [5, 5.41) is 8.51. The van der Waals surface area contributed by atoms with Crippen LogP contribution in [0.15, 0.2) is 66.7 Å². The number of benzene rings is 2. The Hall–Kier alpha value is -4.84. The van der Waals surface area contributed by atoms with Crippen LogP contribution in [-0.2, 0) is 46.5 Å². The molecular formula is C34H43N5O7. The third kappa shape index (κ3) is 12.3. The van der Waals surface area contributed by atoms with Crippen molar-refractivity contribution in [3.8, 4) is 0 Å². The van der Waals surface area contributed by atoms with Gasteiger partial charge < -0.3 is 26.4 Å². The van der Waals surface area contributed by atoms with Gasteiger partial charge in [0.25, 0.3) is 11.8 Å². The number of hydrogen-bond acceptors (Lipinski definition) is 8. The lowest BCUT2D eigenvalue weighted by molar-refractivity contribution is -0.142. The first kappa shape index (κ1) is 35.6. The predicted octanol–water partition coefficient (Wildman–Crippen LogP) is 2.51. The number of carbonyl (C=O) groups is 6. The lowest BCUT2D eigenvalue weighted by Crippen LogP contribution is -2.53. The summed E-state index contributed by atoms with van der Waals surface area (Å²) in [7, 11) is 0. The van der Waals surface area contributed by atoms with Crippen LogP contribution in [0.25, 0.3) is 0 Å². The maximum Gasteiger partial charge on any atom is 0.302 e. The molecule has 2 atom stereocenters. The minimum absolute atomic E-state index is 0.119. The van der Waals surface area contributed by atoms with Crippen LogP contribution in [0.5, 0.6) is 0 Å². The van der Waals surface area contributed by atoms with Crippen molar-refractivity contribution in [1.29, 1.82) is 0 Å². The van der Waals surface area contributed by atoms with Crippen molar-refractivity contribution in [2.45, 2.75) is 77.0 Å². The number of anilines is 1. The second kappa shape index (κ2) is 18.8. The van der Waals surface area contributed by atoms with Gasteiger partial charge in [0.2, 0.25) is 17.7 Å².